The quantitative estimate of drug-likeness (QED) is 0.185. The van der Waals surface area contributed by atoms with E-state index in [1.807, 2.05) is 0 Å². The number of hydrogen-bond acceptors (Lipinski definition) is 7. The maximum absolute atomic E-state index is 11.6. The maximum Gasteiger partial charge on any atom is 1.00 e. The Kier molecular flexibility index (Phi) is 6.41. The molecule has 1 heterocycles. The number of carbonyl (C=O) groups excluding carboxylic acids is 2. The van der Waals surface area contributed by atoms with Gasteiger partial charge in [-0.3, -0.25) is 14.5 Å². The Balaban J connectivity index is 0.00000289. The third-order valence-electron chi connectivity index (χ3n) is 2.42. The van der Waals surface area contributed by atoms with Crippen LogP contribution in [0.15, 0.2) is 0 Å². The summed E-state index contributed by atoms with van der Waals surface area (Å²) in [6.07, 6.45) is -2.00. The zero-order valence-corrected chi connectivity index (χ0v) is 13.0. The summed E-state index contributed by atoms with van der Waals surface area (Å²) >= 11 is 0. The molecule has 1 saturated heterocycles. The van der Waals surface area contributed by atoms with Crippen LogP contribution in [-0.2, 0) is 24.6 Å². The van der Waals surface area contributed by atoms with Crippen molar-refractivity contribution < 1.29 is 62.3 Å². The predicted octanol–water partition coefficient (Wildman–Crippen LogP) is -3.87. The Hall–Kier alpha value is -0.0300. The first-order valence-electron chi connectivity index (χ1n) is 4.81. The minimum absolute atomic E-state index is 0. The molecule has 18 heavy (non-hydrogen) atoms. The van der Waals surface area contributed by atoms with Gasteiger partial charge >= 0.3 is 29.6 Å². The van der Waals surface area contributed by atoms with E-state index in [4.69, 9.17) is 5.26 Å². The fraction of sp³-hybridized carbons (Fsp3) is 0.750. The molecule has 0 saturated carbocycles. The van der Waals surface area contributed by atoms with E-state index in [-0.39, 0.29) is 29.6 Å². The van der Waals surface area contributed by atoms with E-state index in [1.165, 1.54) is 0 Å². The van der Waals surface area contributed by atoms with Crippen LogP contribution >= 0.6 is 0 Å². The van der Waals surface area contributed by atoms with Crippen molar-refractivity contribution in [1.29, 1.82) is 0 Å². The van der Waals surface area contributed by atoms with Crippen LogP contribution in [0.4, 0.5) is 0 Å². The average Bonchev–Trinajstić information content (AvgIpc) is 2.45. The number of hydrogen-bond donors (Lipinski definition) is 1. The summed E-state index contributed by atoms with van der Waals surface area (Å²) in [6, 6.07) is 0. The van der Waals surface area contributed by atoms with Crippen molar-refractivity contribution in [2.24, 2.45) is 5.92 Å². The maximum atomic E-state index is 11.6. The summed E-state index contributed by atoms with van der Waals surface area (Å²) < 4.78 is 32.3. The summed E-state index contributed by atoms with van der Waals surface area (Å²) in [6.45, 7) is 3.11. The van der Waals surface area contributed by atoms with Crippen LogP contribution in [0.5, 0.6) is 0 Å². The fourth-order valence-electron chi connectivity index (χ4n) is 1.58. The monoisotopic (exact) mass is 289 g/mol. The number of carbonyl (C=O) groups is 2. The largest absolute Gasteiger partial charge is 1.00 e. The second-order valence-corrected chi connectivity index (χ2v) is 5.58. The number of nitrogens with zero attached hydrogens (tertiary/aromatic N) is 1. The summed E-state index contributed by atoms with van der Waals surface area (Å²) in [7, 11) is -4.88. The molecule has 2 amide bonds. The van der Waals surface area contributed by atoms with Gasteiger partial charge in [0, 0.05) is 5.92 Å². The molecule has 1 aliphatic heterocycles. The predicted molar refractivity (Wildman–Crippen MR) is 52.3 cm³/mol. The van der Waals surface area contributed by atoms with Crippen LogP contribution in [0, 0.1) is 5.92 Å². The van der Waals surface area contributed by atoms with Crippen LogP contribution in [-0.4, -0.2) is 46.4 Å². The normalized spacial score (nSPS) is 22.3. The average molecular weight is 289 g/mol. The van der Waals surface area contributed by atoms with Gasteiger partial charge in [0.05, 0.1) is 6.42 Å². The molecule has 1 aliphatic rings. The number of likely N-dealkylation sites (tertiary alicyclic amines) is 1. The van der Waals surface area contributed by atoms with E-state index in [2.05, 4.69) is 4.89 Å². The molecule has 0 aliphatic carbocycles. The topological polar surface area (TPSA) is 124 Å². The Bertz CT molecular complexity index is 435. The van der Waals surface area contributed by atoms with Gasteiger partial charge in [0.15, 0.2) is 6.23 Å². The molecule has 0 aromatic rings. The second kappa shape index (κ2) is 6.42. The standard InChI is InChI=1S/C8H13NO7S.Na/c1-4(2)8(16-12)9-6(10)3-5(7(9)11)17(13,14)15;/h4-5,8,12H,3H2,1-2H3,(H,13,14,15);/q;+1/p-1. The Morgan fingerprint density at radius 1 is 1.44 bits per heavy atom. The zero-order valence-electron chi connectivity index (χ0n) is 10.2. The van der Waals surface area contributed by atoms with Crippen molar-refractivity contribution >= 4 is 21.9 Å². The molecule has 2 atom stereocenters. The molecule has 98 valence electrons. The van der Waals surface area contributed by atoms with Crippen molar-refractivity contribution in [3.63, 3.8) is 0 Å². The van der Waals surface area contributed by atoms with Gasteiger partial charge in [-0.2, -0.15) is 0 Å². The van der Waals surface area contributed by atoms with Crippen LogP contribution in [0.25, 0.3) is 0 Å². The number of imide groups is 1. The summed E-state index contributed by atoms with van der Waals surface area (Å²) in [4.78, 5) is 27.5. The summed E-state index contributed by atoms with van der Waals surface area (Å²) in [5.74, 6) is -2.45. The van der Waals surface area contributed by atoms with Crippen molar-refractivity contribution in [2.75, 3.05) is 0 Å². The first-order chi connectivity index (χ1) is 7.70. The van der Waals surface area contributed by atoms with E-state index in [1.54, 1.807) is 13.8 Å². The smallest absolute Gasteiger partial charge is 0.747 e. The van der Waals surface area contributed by atoms with Crippen LogP contribution < -0.4 is 29.6 Å². The third kappa shape index (κ3) is 3.50. The molecule has 1 N–H and O–H groups in total. The van der Waals surface area contributed by atoms with Gasteiger partial charge in [-0.15, -0.1) is 0 Å². The van der Waals surface area contributed by atoms with Gasteiger partial charge in [0.1, 0.15) is 15.4 Å². The minimum atomic E-state index is -4.88. The molecule has 0 aromatic heterocycles. The van der Waals surface area contributed by atoms with E-state index in [0.717, 1.165) is 0 Å². The fourth-order valence-corrected chi connectivity index (χ4v) is 2.29. The van der Waals surface area contributed by atoms with Crippen LogP contribution in [0.3, 0.4) is 0 Å². The molecular weight excluding hydrogens is 277 g/mol. The van der Waals surface area contributed by atoms with Crippen molar-refractivity contribution in [3.8, 4) is 0 Å². The van der Waals surface area contributed by atoms with Gasteiger partial charge in [0.25, 0.3) is 0 Å². The van der Waals surface area contributed by atoms with E-state index < -0.39 is 45.7 Å². The van der Waals surface area contributed by atoms with Crippen molar-refractivity contribution in [2.45, 2.75) is 31.7 Å². The van der Waals surface area contributed by atoms with Gasteiger partial charge in [-0.05, 0) is 0 Å². The number of amides is 2. The SMILES string of the molecule is CC(C)C(OO)N1C(=O)CC(S(=O)(=O)[O-])C1=O.[Na+]. The van der Waals surface area contributed by atoms with Crippen molar-refractivity contribution in [3.05, 3.63) is 0 Å². The van der Waals surface area contributed by atoms with Gasteiger partial charge in [-0.25, -0.2) is 18.6 Å². The Morgan fingerprint density at radius 2 is 1.94 bits per heavy atom. The molecule has 0 aromatic carbocycles. The molecule has 1 rings (SSSR count). The number of rotatable bonds is 4. The minimum Gasteiger partial charge on any atom is -0.747 e. The molecule has 2 unspecified atom stereocenters. The molecular formula is C8H12NNaO7S. The van der Waals surface area contributed by atoms with E-state index in [0.29, 0.717) is 4.90 Å². The summed E-state index contributed by atoms with van der Waals surface area (Å²) in [5, 5.41) is 6.68. The Morgan fingerprint density at radius 3 is 2.22 bits per heavy atom. The van der Waals surface area contributed by atoms with Gasteiger partial charge in [-0.1, -0.05) is 13.8 Å². The van der Waals surface area contributed by atoms with Gasteiger partial charge in [0.2, 0.25) is 11.8 Å². The zero-order chi connectivity index (χ0) is 13.4. The summed E-state index contributed by atoms with van der Waals surface area (Å²) in [5.41, 5.74) is 0. The third-order valence-corrected chi connectivity index (χ3v) is 3.49. The molecule has 0 radical (unpaired) electrons. The van der Waals surface area contributed by atoms with Crippen LogP contribution in [0.2, 0.25) is 0 Å². The van der Waals surface area contributed by atoms with E-state index >= 15 is 0 Å². The molecule has 1 fully saturated rings. The second-order valence-electron chi connectivity index (χ2n) is 4.03. The van der Waals surface area contributed by atoms with Crippen LogP contribution in [0.1, 0.15) is 20.3 Å². The Labute approximate surface area is 126 Å². The first-order valence-corrected chi connectivity index (χ1v) is 6.28. The molecule has 8 nitrogen and oxygen atoms in total. The molecule has 0 spiro atoms. The van der Waals surface area contributed by atoms with Gasteiger partial charge < -0.3 is 4.55 Å². The molecule has 0 bridgehead atoms. The van der Waals surface area contributed by atoms with E-state index in [9.17, 15) is 22.6 Å². The van der Waals surface area contributed by atoms with Crippen molar-refractivity contribution in [1.82, 2.24) is 4.90 Å². The first kappa shape index (κ1) is 18.0. The molecule has 10 heteroatoms.